The molecule has 16 heavy (non-hydrogen) atoms. The van der Waals surface area contributed by atoms with Gasteiger partial charge in [-0.3, -0.25) is 0 Å². The maximum Gasteiger partial charge on any atom is 0.417 e. The summed E-state index contributed by atoms with van der Waals surface area (Å²) in [6.45, 7) is 5.59. The topological polar surface area (TPSA) is 24.9 Å². The molecule has 0 fully saturated rings. The lowest BCUT2D eigenvalue weighted by atomic mass is 10.1. The van der Waals surface area contributed by atoms with E-state index < -0.39 is 11.7 Å². The molecule has 1 aromatic heterocycles. The predicted molar refractivity (Wildman–Crippen MR) is 57.6 cm³/mol. The normalized spacial score (nSPS) is 12.7. The Morgan fingerprint density at radius 3 is 2.19 bits per heavy atom. The molecule has 1 heterocycles. The lowest BCUT2D eigenvalue weighted by molar-refractivity contribution is -0.137. The molecule has 0 amide bonds. The first kappa shape index (κ1) is 13.1. The molecule has 0 aliphatic heterocycles. The van der Waals surface area contributed by atoms with E-state index >= 15 is 0 Å². The van der Waals surface area contributed by atoms with Gasteiger partial charge in [0.15, 0.2) is 0 Å². The van der Waals surface area contributed by atoms with Crippen molar-refractivity contribution in [1.29, 1.82) is 0 Å². The molecule has 1 aromatic rings. The fourth-order valence-corrected chi connectivity index (χ4v) is 1.25. The SMILES string of the molecule is CC(C)(C)Nc1ncc(C(F)(F)F)cc1Cl. The zero-order chi connectivity index (χ0) is 12.6. The van der Waals surface area contributed by atoms with E-state index in [0.717, 1.165) is 12.3 Å². The molecular formula is C10H12ClF3N2. The van der Waals surface area contributed by atoms with Gasteiger partial charge < -0.3 is 5.32 Å². The standard InChI is InChI=1S/C10H12ClF3N2/c1-9(2,3)16-8-7(11)4-6(5-15-8)10(12,13)14/h4-5H,1-3H3,(H,15,16). The van der Waals surface area contributed by atoms with Crippen molar-refractivity contribution in [2.45, 2.75) is 32.5 Å². The van der Waals surface area contributed by atoms with Crippen molar-refractivity contribution in [2.24, 2.45) is 0 Å². The van der Waals surface area contributed by atoms with Crippen molar-refractivity contribution >= 4 is 17.4 Å². The third-order valence-corrected chi connectivity index (χ3v) is 1.95. The number of halogens is 4. The van der Waals surface area contributed by atoms with Crippen LogP contribution >= 0.6 is 11.6 Å². The van der Waals surface area contributed by atoms with Crippen LogP contribution in [0.1, 0.15) is 26.3 Å². The Balaban J connectivity index is 3.01. The van der Waals surface area contributed by atoms with Crippen LogP contribution in [0.3, 0.4) is 0 Å². The van der Waals surface area contributed by atoms with Gasteiger partial charge in [-0.15, -0.1) is 0 Å². The summed E-state index contributed by atoms with van der Waals surface area (Å²) in [5, 5.41) is 2.88. The van der Waals surface area contributed by atoms with Gasteiger partial charge in [-0.2, -0.15) is 13.2 Å². The highest BCUT2D eigenvalue weighted by Gasteiger charge is 2.31. The number of alkyl halides is 3. The first-order valence-corrected chi connectivity index (χ1v) is 4.98. The molecular weight excluding hydrogens is 241 g/mol. The summed E-state index contributed by atoms with van der Waals surface area (Å²) in [4.78, 5) is 3.67. The van der Waals surface area contributed by atoms with Gasteiger partial charge >= 0.3 is 6.18 Å². The number of hydrogen-bond acceptors (Lipinski definition) is 2. The second-order valence-corrected chi connectivity index (χ2v) is 4.83. The van der Waals surface area contributed by atoms with E-state index in [9.17, 15) is 13.2 Å². The van der Waals surface area contributed by atoms with Crippen LogP contribution < -0.4 is 5.32 Å². The summed E-state index contributed by atoms with van der Waals surface area (Å²) >= 11 is 5.72. The molecule has 0 radical (unpaired) electrons. The zero-order valence-corrected chi connectivity index (χ0v) is 9.87. The zero-order valence-electron chi connectivity index (χ0n) is 9.11. The van der Waals surface area contributed by atoms with Crippen molar-refractivity contribution < 1.29 is 13.2 Å². The molecule has 6 heteroatoms. The molecule has 0 atom stereocenters. The molecule has 1 rings (SSSR count). The fraction of sp³-hybridized carbons (Fsp3) is 0.500. The van der Waals surface area contributed by atoms with Gasteiger partial charge in [0.25, 0.3) is 0 Å². The van der Waals surface area contributed by atoms with E-state index in [1.54, 1.807) is 0 Å². The molecule has 0 bridgehead atoms. The van der Waals surface area contributed by atoms with Crippen molar-refractivity contribution in [2.75, 3.05) is 5.32 Å². The predicted octanol–water partition coefficient (Wildman–Crippen LogP) is 3.96. The molecule has 90 valence electrons. The Bertz CT molecular complexity index is 383. The summed E-state index contributed by atoms with van der Waals surface area (Å²) in [6, 6.07) is 0.864. The second-order valence-electron chi connectivity index (χ2n) is 4.43. The van der Waals surface area contributed by atoms with Crippen molar-refractivity contribution in [3.63, 3.8) is 0 Å². The van der Waals surface area contributed by atoms with Crippen molar-refractivity contribution in [3.8, 4) is 0 Å². The third-order valence-electron chi connectivity index (χ3n) is 1.66. The molecule has 0 saturated carbocycles. The monoisotopic (exact) mass is 252 g/mol. The number of nitrogens with zero attached hydrogens (tertiary/aromatic N) is 1. The molecule has 2 nitrogen and oxygen atoms in total. The molecule has 0 unspecified atom stereocenters. The molecule has 0 spiro atoms. The van der Waals surface area contributed by atoms with Gasteiger partial charge in [0.1, 0.15) is 5.82 Å². The van der Waals surface area contributed by atoms with Gasteiger partial charge in [0, 0.05) is 11.7 Å². The Morgan fingerprint density at radius 2 is 1.81 bits per heavy atom. The lowest BCUT2D eigenvalue weighted by Crippen LogP contribution is -2.27. The van der Waals surface area contributed by atoms with Gasteiger partial charge in [0.2, 0.25) is 0 Å². The summed E-state index contributed by atoms with van der Waals surface area (Å²) in [6.07, 6.45) is -3.66. The van der Waals surface area contributed by atoms with Crippen LogP contribution in [0.15, 0.2) is 12.3 Å². The van der Waals surface area contributed by atoms with E-state index in [4.69, 9.17) is 11.6 Å². The lowest BCUT2D eigenvalue weighted by Gasteiger charge is -2.22. The number of nitrogens with one attached hydrogen (secondary N) is 1. The third kappa shape index (κ3) is 3.56. The van der Waals surface area contributed by atoms with Crippen LogP contribution in [-0.4, -0.2) is 10.5 Å². The molecule has 1 N–H and O–H groups in total. The largest absolute Gasteiger partial charge is 0.417 e. The summed E-state index contributed by atoms with van der Waals surface area (Å²) in [7, 11) is 0. The molecule has 0 aromatic carbocycles. The highest BCUT2D eigenvalue weighted by molar-refractivity contribution is 6.33. The highest BCUT2D eigenvalue weighted by atomic mass is 35.5. The first-order valence-electron chi connectivity index (χ1n) is 4.60. The van der Waals surface area contributed by atoms with Crippen molar-refractivity contribution in [1.82, 2.24) is 4.98 Å². The average Bonchev–Trinajstić information content (AvgIpc) is 2.04. The quantitative estimate of drug-likeness (QED) is 0.818. The second kappa shape index (κ2) is 4.13. The van der Waals surface area contributed by atoms with E-state index in [1.165, 1.54) is 0 Å². The minimum absolute atomic E-state index is 0.0373. The van der Waals surface area contributed by atoms with E-state index in [2.05, 4.69) is 10.3 Å². The van der Waals surface area contributed by atoms with Crippen LogP contribution in [0.2, 0.25) is 5.02 Å². The maximum absolute atomic E-state index is 12.3. The number of rotatable bonds is 1. The fourth-order valence-electron chi connectivity index (χ4n) is 1.04. The van der Waals surface area contributed by atoms with E-state index in [-0.39, 0.29) is 16.4 Å². The summed E-state index contributed by atoms with van der Waals surface area (Å²) in [5.41, 5.74) is -1.16. The number of hydrogen-bond donors (Lipinski definition) is 1. The summed E-state index contributed by atoms with van der Waals surface area (Å²) in [5.74, 6) is 0.252. The smallest absolute Gasteiger partial charge is 0.364 e. The molecule has 0 aliphatic carbocycles. The van der Waals surface area contributed by atoms with Crippen LogP contribution in [0, 0.1) is 0 Å². The minimum atomic E-state index is -4.42. The average molecular weight is 253 g/mol. The Kier molecular flexibility index (Phi) is 3.38. The first-order chi connectivity index (χ1) is 7.09. The molecule has 0 saturated heterocycles. The van der Waals surface area contributed by atoms with Gasteiger partial charge in [-0.1, -0.05) is 11.6 Å². The summed E-state index contributed by atoms with van der Waals surface area (Å²) < 4.78 is 37.0. The van der Waals surface area contributed by atoms with E-state index in [1.807, 2.05) is 20.8 Å². The van der Waals surface area contributed by atoms with Crippen molar-refractivity contribution in [3.05, 3.63) is 22.8 Å². The van der Waals surface area contributed by atoms with Crippen LogP contribution in [0.25, 0.3) is 0 Å². The van der Waals surface area contributed by atoms with Crippen LogP contribution in [-0.2, 0) is 6.18 Å². The molecule has 0 aliphatic rings. The number of pyridine rings is 1. The number of anilines is 1. The maximum atomic E-state index is 12.3. The Hall–Kier alpha value is -0.970. The highest BCUT2D eigenvalue weighted by Crippen LogP contribution is 2.32. The van der Waals surface area contributed by atoms with Gasteiger partial charge in [0.05, 0.1) is 10.6 Å². The Labute approximate surface area is 96.8 Å². The number of aromatic nitrogens is 1. The minimum Gasteiger partial charge on any atom is -0.364 e. The van der Waals surface area contributed by atoms with Crippen LogP contribution in [0.4, 0.5) is 19.0 Å². The Morgan fingerprint density at radius 1 is 1.25 bits per heavy atom. The van der Waals surface area contributed by atoms with Crippen LogP contribution in [0.5, 0.6) is 0 Å². The van der Waals surface area contributed by atoms with Gasteiger partial charge in [-0.05, 0) is 26.8 Å². The van der Waals surface area contributed by atoms with E-state index in [0.29, 0.717) is 0 Å². The van der Waals surface area contributed by atoms with Gasteiger partial charge in [-0.25, -0.2) is 4.98 Å².